The van der Waals surface area contributed by atoms with Crippen LogP contribution in [0, 0.1) is 20.4 Å². The van der Waals surface area contributed by atoms with E-state index >= 15 is 0 Å². The number of para-hydroxylation sites is 1. The van der Waals surface area contributed by atoms with Crippen LogP contribution in [0.2, 0.25) is 0 Å². The smallest absolute Gasteiger partial charge is 0.229 e. The maximum absolute atomic E-state index is 7.41. The first-order valence-corrected chi connectivity index (χ1v) is 7.89. The van der Waals surface area contributed by atoms with E-state index in [4.69, 9.17) is 11.0 Å². The number of nitrogens with zero attached hydrogens (tertiary/aromatic N) is 2. The molecule has 0 atom stereocenters. The first-order chi connectivity index (χ1) is 11.6. The Labute approximate surface area is 140 Å². The van der Waals surface area contributed by atoms with Crippen LogP contribution in [0.3, 0.4) is 0 Å². The fourth-order valence-electron chi connectivity index (χ4n) is 3.51. The van der Waals surface area contributed by atoms with Crippen LogP contribution in [0.1, 0.15) is 11.1 Å². The van der Waals surface area contributed by atoms with Crippen LogP contribution in [-0.2, 0) is 7.05 Å². The molecule has 0 aliphatic rings. The van der Waals surface area contributed by atoms with Crippen LogP contribution in [-0.4, -0.2) is 0 Å². The van der Waals surface area contributed by atoms with Crippen molar-refractivity contribution in [3.05, 3.63) is 71.2 Å². The highest BCUT2D eigenvalue weighted by Gasteiger charge is 2.22. The molecule has 3 nitrogen and oxygen atoms in total. The zero-order chi connectivity index (χ0) is 16.8. The summed E-state index contributed by atoms with van der Waals surface area (Å²) in [5.41, 5.74) is 6.63. The first kappa shape index (κ1) is 14.5. The lowest BCUT2D eigenvalue weighted by Crippen LogP contribution is -2.30. The molecule has 0 aliphatic heterocycles. The number of hydrogen-bond acceptors (Lipinski definition) is 1. The molecular formula is C21H17N2O+. The second-order valence-corrected chi connectivity index (χ2v) is 6.15. The van der Waals surface area contributed by atoms with E-state index in [-0.39, 0.29) is 0 Å². The number of aromatic nitrogens is 1. The lowest BCUT2D eigenvalue weighted by atomic mass is 9.97. The van der Waals surface area contributed by atoms with Gasteiger partial charge in [-0.2, -0.15) is 0 Å². The molecule has 0 N–H and O–H groups in total. The van der Waals surface area contributed by atoms with Crippen molar-refractivity contribution in [1.29, 1.82) is 0 Å². The van der Waals surface area contributed by atoms with Gasteiger partial charge in [0.15, 0.2) is 6.20 Å². The molecule has 0 bridgehead atoms. The molecule has 0 saturated heterocycles. The predicted octanol–water partition coefficient (Wildman–Crippen LogP) is 5.25. The molecule has 2 heterocycles. The van der Waals surface area contributed by atoms with Crippen molar-refractivity contribution in [2.75, 3.05) is 0 Å². The van der Waals surface area contributed by atoms with E-state index in [1.807, 2.05) is 43.6 Å². The quantitative estimate of drug-likeness (QED) is 0.347. The SMILES string of the molecule is [C-]#[N+]c1cccc2c1oc1c(-c3cccc[n+]3C)c(C)cc(C)c12. The minimum absolute atomic E-state index is 0.559. The normalized spacial score (nSPS) is 11.1. The Bertz CT molecular complexity index is 1150. The summed E-state index contributed by atoms with van der Waals surface area (Å²) < 4.78 is 8.35. The van der Waals surface area contributed by atoms with Gasteiger partial charge in [0.05, 0.1) is 12.1 Å². The molecule has 0 amide bonds. The highest BCUT2D eigenvalue weighted by Crippen LogP contribution is 2.41. The minimum Gasteiger partial charge on any atom is -0.466 e. The number of aryl methyl sites for hydroxylation is 3. The molecule has 0 spiro atoms. The maximum atomic E-state index is 7.41. The van der Waals surface area contributed by atoms with Crippen LogP contribution >= 0.6 is 0 Å². The van der Waals surface area contributed by atoms with Gasteiger partial charge < -0.3 is 4.42 Å². The monoisotopic (exact) mass is 313 g/mol. The summed E-state index contributed by atoms with van der Waals surface area (Å²) in [7, 11) is 2.04. The third kappa shape index (κ3) is 1.93. The zero-order valence-corrected chi connectivity index (χ0v) is 13.9. The van der Waals surface area contributed by atoms with Crippen molar-refractivity contribution < 1.29 is 8.98 Å². The largest absolute Gasteiger partial charge is 0.466 e. The minimum atomic E-state index is 0.559. The van der Waals surface area contributed by atoms with Gasteiger partial charge in [0.2, 0.25) is 11.4 Å². The molecule has 4 rings (SSSR count). The summed E-state index contributed by atoms with van der Waals surface area (Å²) in [6, 6.07) is 14.1. The molecule has 4 aromatic rings. The summed E-state index contributed by atoms with van der Waals surface area (Å²) in [6.45, 7) is 11.6. The van der Waals surface area contributed by atoms with Gasteiger partial charge in [0.25, 0.3) is 0 Å². The van der Waals surface area contributed by atoms with E-state index in [1.54, 1.807) is 0 Å². The van der Waals surface area contributed by atoms with E-state index in [9.17, 15) is 0 Å². The average Bonchev–Trinajstić information content (AvgIpc) is 2.96. The van der Waals surface area contributed by atoms with Crippen LogP contribution in [0.4, 0.5) is 5.69 Å². The molecule has 3 heteroatoms. The first-order valence-electron chi connectivity index (χ1n) is 7.89. The zero-order valence-electron chi connectivity index (χ0n) is 13.9. The fourth-order valence-corrected chi connectivity index (χ4v) is 3.51. The average molecular weight is 313 g/mol. The summed E-state index contributed by atoms with van der Waals surface area (Å²) in [4.78, 5) is 3.62. The lowest BCUT2D eigenvalue weighted by molar-refractivity contribution is -0.660. The number of rotatable bonds is 1. The molecule has 24 heavy (non-hydrogen) atoms. The topological polar surface area (TPSA) is 21.4 Å². The van der Waals surface area contributed by atoms with Gasteiger partial charge in [0.1, 0.15) is 18.2 Å². The van der Waals surface area contributed by atoms with Crippen molar-refractivity contribution in [2.24, 2.45) is 7.05 Å². The number of furan rings is 1. The van der Waals surface area contributed by atoms with Crippen molar-refractivity contribution in [3.8, 4) is 11.3 Å². The van der Waals surface area contributed by atoms with Crippen molar-refractivity contribution in [3.63, 3.8) is 0 Å². The second kappa shape index (κ2) is 5.21. The Kier molecular flexibility index (Phi) is 3.14. The number of fused-ring (bicyclic) bond motifs is 3. The molecule has 2 aromatic heterocycles. The second-order valence-electron chi connectivity index (χ2n) is 6.15. The number of benzene rings is 2. The fraction of sp³-hybridized carbons (Fsp3) is 0.143. The summed E-state index contributed by atoms with van der Waals surface area (Å²) in [5.74, 6) is 0. The van der Waals surface area contributed by atoms with E-state index < -0.39 is 0 Å². The number of pyridine rings is 1. The predicted molar refractivity (Wildman–Crippen MR) is 96.1 cm³/mol. The van der Waals surface area contributed by atoms with Gasteiger partial charge in [-0.15, -0.1) is 0 Å². The maximum Gasteiger partial charge on any atom is 0.229 e. The lowest BCUT2D eigenvalue weighted by Gasteiger charge is -2.07. The third-order valence-electron chi connectivity index (χ3n) is 4.57. The van der Waals surface area contributed by atoms with Gasteiger partial charge in [0, 0.05) is 22.9 Å². The Hall–Kier alpha value is -3.12. The van der Waals surface area contributed by atoms with E-state index in [0.717, 1.165) is 27.6 Å². The Morgan fingerprint density at radius 1 is 1.00 bits per heavy atom. The van der Waals surface area contributed by atoms with Crippen molar-refractivity contribution in [2.45, 2.75) is 13.8 Å². The molecule has 0 radical (unpaired) electrons. The third-order valence-corrected chi connectivity index (χ3v) is 4.57. The molecule has 0 fully saturated rings. The summed E-state index contributed by atoms with van der Waals surface area (Å²) >= 11 is 0. The molecule has 2 aromatic carbocycles. The van der Waals surface area contributed by atoms with Crippen LogP contribution in [0.5, 0.6) is 0 Å². The summed E-state index contributed by atoms with van der Waals surface area (Å²) in [6.07, 6.45) is 2.04. The highest BCUT2D eigenvalue weighted by atomic mass is 16.3. The van der Waals surface area contributed by atoms with Crippen LogP contribution < -0.4 is 4.57 Å². The standard InChI is InChI=1S/C21H17N2O/c1-13-12-14(2)19(17-10-5-6-11-23(17)4)21-18(13)15-8-7-9-16(22-3)20(15)24-21/h5-12H,1-2,4H3/q+1. The van der Waals surface area contributed by atoms with Gasteiger partial charge >= 0.3 is 0 Å². The molecular weight excluding hydrogens is 296 g/mol. The van der Waals surface area contributed by atoms with Crippen LogP contribution in [0.15, 0.2) is 53.1 Å². The number of hydrogen-bond donors (Lipinski definition) is 0. The Balaban J connectivity index is 2.24. The highest BCUT2D eigenvalue weighted by molar-refractivity contribution is 6.14. The van der Waals surface area contributed by atoms with Gasteiger partial charge in [-0.05, 0) is 31.0 Å². The van der Waals surface area contributed by atoms with E-state index in [0.29, 0.717) is 11.3 Å². The molecule has 0 saturated carbocycles. The van der Waals surface area contributed by atoms with E-state index in [1.165, 1.54) is 11.1 Å². The molecule has 0 unspecified atom stereocenters. The van der Waals surface area contributed by atoms with Crippen molar-refractivity contribution in [1.82, 2.24) is 0 Å². The van der Waals surface area contributed by atoms with Gasteiger partial charge in [-0.1, -0.05) is 24.3 Å². The Morgan fingerprint density at radius 2 is 1.83 bits per heavy atom. The van der Waals surface area contributed by atoms with Crippen molar-refractivity contribution >= 4 is 27.6 Å². The molecule has 116 valence electrons. The van der Waals surface area contributed by atoms with Gasteiger partial charge in [-0.25, -0.2) is 9.41 Å². The van der Waals surface area contributed by atoms with Crippen LogP contribution in [0.25, 0.3) is 38.0 Å². The summed E-state index contributed by atoms with van der Waals surface area (Å²) in [5, 5.41) is 2.11. The Morgan fingerprint density at radius 3 is 2.58 bits per heavy atom. The van der Waals surface area contributed by atoms with E-state index in [2.05, 4.69) is 35.4 Å². The van der Waals surface area contributed by atoms with Gasteiger partial charge in [-0.3, -0.25) is 0 Å². The molecule has 0 aliphatic carbocycles.